The second-order valence-corrected chi connectivity index (χ2v) is 7.10. The average molecular weight is 414 g/mol. The van der Waals surface area contributed by atoms with Crippen LogP contribution in [0.1, 0.15) is 37.4 Å². The van der Waals surface area contributed by atoms with Gasteiger partial charge in [0.05, 0.1) is 5.02 Å². The van der Waals surface area contributed by atoms with Gasteiger partial charge in [-0.25, -0.2) is 4.52 Å². The van der Waals surface area contributed by atoms with E-state index in [1.54, 1.807) is 11.6 Å². The van der Waals surface area contributed by atoms with Gasteiger partial charge in [-0.1, -0.05) is 25.4 Å². The molecule has 0 aliphatic rings. The van der Waals surface area contributed by atoms with Crippen LogP contribution in [-0.2, 0) is 7.05 Å². The molecule has 0 aliphatic heterocycles. The van der Waals surface area contributed by atoms with E-state index in [1.807, 2.05) is 26.8 Å². The van der Waals surface area contributed by atoms with E-state index in [0.717, 1.165) is 29.8 Å². The molecule has 0 aliphatic carbocycles. The maximum absolute atomic E-state index is 13.0. The van der Waals surface area contributed by atoms with Crippen molar-refractivity contribution in [3.8, 4) is 17.1 Å². The molecule has 3 rings (SSSR count). The van der Waals surface area contributed by atoms with E-state index in [2.05, 4.69) is 9.84 Å². The molecule has 2 aromatic heterocycles. The van der Waals surface area contributed by atoms with Crippen LogP contribution < -0.4 is 10.3 Å². The Labute approximate surface area is 164 Å². The Morgan fingerprint density at radius 3 is 2.54 bits per heavy atom. The summed E-state index contributed by atoms with van der Waals surface area (Å²) >= 11 is 6.17. The number of hydrogen-bond donors (Lipinski definition) is 0. The van der Waals surface area contributed by atoms with Crippen LogP contribution in [0.25, 0.3) is 16.9 Å². The second-order valence-electron chi connectivity index (χ2n) is 6.69. The molecule has 9 heteroatoms. The molecule has 0 bridgehead atoms. The minimum atomic E-state index is -4.82. The molecule has 1 atom stereocenters. The van der Waals surface area contributed by atoms with Gasteiger partial charge < -0.3 is 4.74 Å². The van der Waals surface area contributed by atoms with Gasteiger partial charge in [-0.05, 0) is 49.1 Å². The van der Waals surface area contributed by atoms with E-state index in [0.29, 0.717) is 11.1 Å². The molecule has 1 unspecified atom stereocenters. The van der Waals surface area contributed by atoms with E-state index in [9.17, 15) is 18.0 Å². The van der Waals surface area contributed by atoms with Crippen molar-refractivity contribution in [1.29, 1.82) is 0 Å². The van der Waals surface area contributed by atoms with Crippen molar-refractivity contribution < 1.29 is 17.9 Å². The zero-order valence-corrected chi connectivity index (χ0v) is 16.5. The number of aromatic nitrogens is 3. The van der Waals surface area contributed by atoms with Crippen molar-refractivity contribution in [2.24, 2.45) is 7.05 Å². The van der Waals surface area contributed by atoms with Crippen LogP contribution in [0.15, 0.2) is 29.1 Å². The molecule has 0 fully saturated rings. The molecule has 2 heterocycles. The van der Waals surface area contributed by atoms with Crippen LogP contribution in [0, 0.1) is 6.92 Å². The summed E-state index contributed by atoms with van der Waals surface area (Å²) < 4.78 is 44.0. The zero-order valence-electron chi connectivity index (χ0n) is 15.8. The van der Waals surface area contributed by atoms with E-state index in [-0.39, 0.29) is 22.3 Å². The van der Waals surface area contributed by atoms with E-state index < -0.39 is 12.1 Å². The minimum Gasteiger partial charge on any atom is -0.406 e. The third-order valence-corrected chi connectivity index (χ3v) is 5.07. The van der Waals surface area contributed by atoms with Gasteiger partial charge in [-0.2, -0.15) is 0 Å². The highest BCUT2D eigenvalue weighted by atomic mass is 35.5. The highest BCUT2D eigenvalue weighted by Crippen LogP contribution is 2.33. The summed E-state index contributed by atoms with van der Waals surface area (Å²) in [5, 5.41) is 4.54. The highest BCUT2D eigenvalue weighted by Gasteiger charge is 2.31. The first-order valence-corrected chi connectivity index (χ1v) is 9.06. The Kier molecular flexibility index (Phi) is 5.18. The Morgan fingerprint density at radius 2 is 1.96 bits per heavy atom. The van der Waals surface area contributed by atoms with Crippen molar-refractivity contribution in [3.05, 3.63) is 50.9 Å². The number of alkyl halides is 3. The first-order chi connectivity index (χ1) is 13.0. The van der Waals surface area contributed by atoms with E-state index in [4.69, 9.17) is 11.6 Å². The quantitative estimate of drug-likeness (QED) is 0.599. The summed E-state index contributed by atoms with van der Waals surface area (Å²) in [4.78, 5) is 13.0. The minimum absolute atomic E-state index is 0.00411. The molecule has 28 heavy (non-hydrogen) atoms. The number of nitrogens with zero attached hydrogens (tertiary/aromatic N) is 3. The molecule has 0 saturated carbocycles. The smallest absolute Gasteiger partial charge is 0.406 e. The van der Waals surface area contributed by atoms with Crippen molar-refractivity contribution in [2.75, 3.05) is 0 Å². The van der Waals surface area contributed by atoms with Gasteiger partial charge in [-0.3, -0.25) is 9.36 Å². The Balaban J connectivity index is 2.19. The number of ether oxygens (including phenoxy) is 1. The third-order valence-electron chi connectivity index (χ3n) is 4.76. The fourth-order valence-electron chi connectivity index (χ4n) is 3.12. The van der Waals surface area contributed by atoms with E-state index in [1.165, 1.54) is 10.6 Å². The normalized spacial score (nSPS) is 13.1. The van der Waals surface area contributed by atoms with Crippen LogP contribution >= 0.6 is 11.6 Å². The molecule has 0 radical (unpaired) electrons. The largest absolute Gasteiger partial charge is 0.573 e. The topological polar surface area (TPSA) is 48.5 Å². The van der Waals surface area contributed by atoms with Gasteiger partial charge in [-0.15, -0.1) is 18.3 Å². The lowest BCUT2D eigenvalue weighted by Crippen LogP contribution is -2.24. The van der Waals surface area contributed by atoms with E-state index >= 15 is 0 Å². The molecule has 0 amide bonds. The molecule has 3 aromatic rings. The maximum Gasteiger partial charge on any atom is 0.573 e. The van der Waals surface area contributed by atoms with Gasteiger partial charge in [0.25, 0.3) is 5.56 Å². The molecule has 5 nitrogen and oxygen atoms in total. The van der Waals surface area contributed by atoms with Gasteiger partial charge >= 0.3 is 6.36 Å². The molecule has 0 saturated heterocycles. The highest BCUT2D eigenvalue weighted by molar-refractivity contribution is 6.33. The zero-order chi connectivity index (χ0) is 20.8. The van der Waals surface area contributed by atoms with Gasteiger partial charge in [0.2, 0.25) is 0 Å². The summed E-state index contributed by atoms with van der Waals surface area (Å²) in [7, 11) is 1.56. The molecule has 0 spiro atoms. The maximum atomic E-state index is 13.0. The summed E-state index contributed by atoms with van der Waals surface area (Å²) in [6.07, 6.45) is -3.94. The Bertz CT molecular complexity index is 1100. The van der Waals surface area contributed by atoms with Crippen LogP contribution in [0.2, 0.25) is 5.02 Å². The second kappa shape index (κ2) is 7.16. The van der Waals surface area contributed by atoms with Crippen LogP contribution in [0.4, 0.5) is 13.2 Å². The fraction of sp³-hybridized carbons (Fsp3) is 0.368. The number of halogens is 4. The first-order valence-electron chi connectivity index (χ1n) is 8.68. The Hall–Kier alpha value is -2.48. The van der Waals surface area contributed by atoms with Crippen molar-refractivity contribution in [3.63, 3.8) is 0 Å². The number of aryl methyl sites for hydroxylation is 1. The first kappa shape index (κ1) is 20.3. The van der Waals surface area contributed by atoms with Crippen LogP contribution in [-0.4, -0.2) is 20.5 Å². The monoisotopic (exact) mass is 413 g/mol. The van der Waals surface area contributed by atoms with Crippen LogP contribution in [0.3, 0.4) is 0 Å². The summed E-state index contributed by atoms with van der Waals surface area (Å²) in [5.74, 6) is -0.00886. The lowest BCUT2D eigenvalue weighted by Gasteiger charge is -2.14. The van der Waals surface area contributed by atoms with Crippen molar-refractivity contribution in [1.82, 2.24) is 14.2 Å². The molecular formula is C19H19ClF3N3O2. The predicted molar refractivity (Wildman–Crippen MR) is 101 cm³/mol. The van der Waals surface area contributed by atoms with Crippen LogP contribution in [0.5, 0.6) is 5.75 Å². The van der Waals surface area contributed by atoms with Gasteiger partial charge in [0.1, 0.15) is 11.3 Å². The molecule has 1 aromatic carbocycles. The van der Waals surface area contributed by atoms with Gasteiger partial charge in [0.15, 0.2) is 5.82 Å². The third kappa shape index (κ3) is 3.61. The SMILES string of the molecule is CCC(C)c1cc(C)n2nc(-c3ccc(OC(F)(F)F)cc3Cl)n(C)c(=O)c12. The standard InChI is InChI=1S/C19H19ClF3N3O2/c1-5-10(2)14-8-11(3)26-16(14)18(27)25(4)17(24-26)13-7-6-12(9-15(13)20)28-19(21,22)23/h6-10H,5H2,1-4H3. The molecule has 150 valence electrons. The Morgan fingerprint density at radius 1 is 1.29 bits per heavy atom. The molecular weight excluding hydrogens is 395 g/mol. The summed E-state index contributed by atoms with van der Waals surface area (Å²) in [5.41, 5.74) is 2.28. The predicted octanol–water partition coefficient (Wildman–Crippen LogP) is 5.07. The summed E-state index contributed by atoms with van der Waals surface area (Å²) in [6.45, 7) is 5.93. The number of fused-ring (bicyclic) bond motifs is 1. The summed E-state index contributed by atoms with van der Waals surface area (Å²) in [6, 6.07) is 5.47. The fourth-order valence-corrected chi connectivity index (χ4v) is 3.37. The van der Waals surface area contributed by atoms with Crippen molar-refractivity contribution >= 4 is 17.1 Å². The lowest BCUT2D eigenvalue weighted by molar-refractivity contribution is -0.274. The molecule has 0 N–H and O–H groups in total. The van der Waals surface area contributed by atoms with Gasteiger partial charge in [0, 0.05) is 18.3 Å². The lowest BCUT2D eigenvalue weighted by atomic mass is 10.00. The van der Waals surface area contributed by atoms with Crippen molar-refractivity contribution in [2.45, 2.75) is 39.5 Å². The number of hydrogen-bond acceptors (Lipinski definition) is 3. The average Bonchev–Trinajstić information content (AvgIpc) is 2.93. The number of rotatable bonds is 4. The number of benzene rings is 1.